The average Bonchev–Trinajstić information content (AvgIpc) is 3.29. The number of amides is 1. The molecule has 12 nitrogen and oxygen atoms in total. The average molecular weight is 933 g/mol. The number of aliphatic hydroxyl groups is 1. The number of esters is 2. The molecule has 3 N–H and O–H groups in total. The van der Waals surface area contributed by atoms with Crippen LogP contribution in [0.25, 0.3) is 0 Å². The van der Waals surface area contributed by atoms with Crippen LogP contribution >= 0.6 is 0 Å². The van der Waals surface area contributed by atoms with Crippen LogP contribution in [0.4, 0.5) is 0 Å². The van der Waals surface area contributed by atoms with E-state index in [1.54, 1.807) is 0 Å². The Bertz CT molecular complexity index is 1400. The number of hydrogen-bond acceptors (Lipinski definition) is 9. The van der Waals surface area contributed by atoms with Crippen molar-refractivity contribution in [2.45, 2.75) is 271 Å². The monoisotopic (exact) mass is 933 g/mol. The summed E-state index contributed by atoms with van der Waals surface area (Å²) in [6.07, 6.45) is 39.7. The van der Waals surface area contributed by atoms with E-state index in [0.717, 1.165) is 114 Å². The Morgan fingerprint density at radius 1 is 0.606 bits per heavy atom. The first-order valence-electron chi connectivity index (χ1n) is 27.5. The predicted molar refractivity (Wildman–Crippen MR) is 271 cm³/mol. The molecule has 0 bridgehead atoms. The van der Waals surface area contributed by atoms with E-state index >= 15 is 0 Å². The van der Waals surface area contributed by atoms with E-state index in [1.165, 1.54) is 121 Å². The third-order valence-corrected chi connectivity index (χ3v) is 12.7. The van der Waals surface area contributed by atoms with E-state index in [0.29, 0.717) is 45.4 Å². The van der Waals surface area contributed by atoms with Gasteiger partial charge in [-0.3, -0.25) is 28.7 Å². The van der Waals surface area contributed by atoms with Crippen LogP contribution in [0.5, 0.6) is 0 Å². The van der Waals surface area contributed by atoms with Gasteiger partial charge in [-0.1, -0.05) is 162 Å². The Morgan fingerprint density at radius 3 is 1.64 bits per heavy atom. The molecule has 0 spiro atoms. The molecular weight excluding hydrogens is 833 g/mol. The number of rotatable bonds is 48. The highest BCUT2D eigenvalue weighted by Crippen LogP contribution is 2.19. The van der Waals surface area contributed by atoms with Gasteiger partial charge in [-0.25, -0.2) is 4.79 Å². The molecule has 0 radical (unpaired) electrons. The van der Waals surface area contributed by atoms with Crippen LogP contribution in [0.15, 0.2) is 21.9 Å². The Morgan fingerprint density at radius 2 is 1.08 bits per heavy atom. The van der Waals surface area contributed by atoms with Crippen molar-refractivity contribution in [1.29, 1.82) is 0 Å². The van der Waals surface area contributed by atoms with Crippen LogP contribution in [0.1, 0.15) is 252 Å². The van der Waals surface area contributed by atoms with Crippen LogP contribution in [-0.2, 0) is 30.4 Å². The summed E-state index contributed by atoms with van der Waals surface area (Å²) in [6.45, 7) is 9.85. The molecule has 0 aromatic carbocycles. The largest absolute Gasteiger partial charge is 0.466 e. The Labute approximate surface area is 401 Å². The maximum Gasteiger partial charge on any atom is 0.328 e. The minimum absolute atomic E-state index is 0.0331. The smallest absolute Gasteiger partial charge is 0.328 e. The fourth-order valence-corrected chi connectivity index (χ4v) is 8.60. The van der Waals surface area contributed by atoms with Crippen LogP contribution < -0.4 is 16.6 Å². The predicted octanol–water partition coefficient (Wildman–Crippen LogP) is 11.9. The van der Waals surface area contributed by atoms with Crippen molar-refractivity contribution >= 4 is 17.8 Å². The summed E-state index contributed by atoms with van der Waals surface area (Å²) in [6, 6.07) is 1.21. The van der Waals surface area contributed by atoms with E-state index in [-0.39, 0.29) is 30.5 Å². The fraction of sp³-hybridized carbons (Fsp3) is 0.870. The summed E-state index contributed by atoms with van der Waals surface area (Å²) >= 11 is 0. The lowest BCUT2D eigenvalue weighted by molar-refractivity contribution is -0.150. The molecule has 12 heteroatoms. The lowest BCUT2D eigenvalue weighted by Gasteiger charge is -2.25. The zero-order chi connectivity index (χ0) is 48.1. The highest BCUT2D eigenvalue weighted by Gasteiger charge is 2.16. The first kappa shape index (κ1) is 61.0. The molecule has 1 unspecified atom stereocenters. The SMILES string of the molecule is CCCCCCCCCCCOC(=O)CCCCCN(CCCCCCCC(=O)OC(CCCCCCCC)CCCCCCCC)CC(O)CCCCNC(=O)Cn1ccc(=O)[nH]c1=O. The number of carbonyl (C=O) groups excluding carboxylic acids is 3. The zero-order valence-electron chi connectivity index (χ0n) is 42.7. The fourth-order valence-electron chi connectivity index (χ4n) is 8.60. The number of aromatic amines is 1. The van der Waals surface area contributed by atoms with Crippen LogP contribution in [0.2, 0.25) is 0 Å². The summed E-state index contributed by atoms with van der Waals surface area (Å²) in [7, 11) is 0. The Balaban J connectivity index is 2.46. The summed E-state index contributed by atoms with van der Waals surface area (Å²) in [4.78, 5) is 65.2. The molecule has 1 rings (SSSR count). The van der Waals surface area contributed by atoms with Gasteiger partial charge in [-0.2, -0.15) is 0 Å². The summed E-state index contributed by atoms with van der Waals surface area (Å²) < 4.78 is 12.7. The molecule has 0 aliphatic carbocycles. The summed E-state index contributed by atoms with van der Waals surface area (Å²) in [5, 5.41) is 13.8. The molecule has 1 aromatic rings. The molecule has 384 valence electrons. The van der Waals surface area contributed by atoms with Crippen molar-refractivity contribution in [2.75, 3.05) is 32.8 Å². The second-order valence-electron chi connectivity index (χ2n) is 19.1. The van der Waals surface area contributed by atoms with Crippen molar-refractivity contribution in [2.24, 2.45) is 0 Å². The lowest BCUT2D eigenvalue weighted by atomic mass is 10.0. The van der Waals surface area contributed by atoms with Gasteiger partial charge in [-0.15, -0.1) is 0 Å². The number of ether oxygens (including phenoxy) is 2. The number of aliphatic hydroxyl groups excluding tert-OH is 1. The maximum atomic E-state index is 12.9. The number of H-pyrrole nitrogens is 1. The minimum atomic E-state index is -0.620. The Hall–Kier alpha value is -2.99. The van der Waals surface area contributed by atoms with Gasteiger partial charge < -0.3 is 24.8 Å². The first-order chi connectivity index (χ1) is 32.2. The van der Waals surface area contributed by atoms with Gasteiger partial charge in [0.25, 0.3) is 5.56 Å². The highest BCUT2D eigenvalue weighted by atomic mass is 16.5. The number of nitrogens with one attached hydrogen (secondary N) is 2. The molecule has 0 aliphatic heterocycles. The molecule has 0 fully saturated rings. The minimum Gasteiger partial charge on any atom is -0.466 e. The van der Waals surface area contributed by atoms with Crippen molar-refractivity contribution in [1.82, 2.24) is 19.8 Å². The van der Waals surface area contributed by atoms with Gasteiger partial charge >= 0.3 is 17.6 Å². The molecule has 1 aromatic heterocycles. The standard InChI is InChI=1S/C54H100N4O8/c1-4-7-10-13-16-17-18-24-34-45-65-52(62)38-29-25-33-43-57(46-48(59)35-30-31-41-55-51(61)47-58-44-40-50(60)56-54(58)64)42-32-23-19-22-28-39-53(63)66-49(36-26-20-14-11-8-5-2)37-27-21-15-12-9-6-3/h40,44,48-49,59H,4-39,41-43,45-47H2,1-3H3,(H,55,61)(H,56,60,64). The second-order valence-corrected chi connectivity index (χ2v) is 19.1. The molecule has 0 saturated heterocycles. The normalized spacial score (nSPS) is 12.0. The summed E-state index contributed by atoms with van der Waals surface area (Å²) in [5.41, 5.74) is -1.12. The van der Waals surface area contributed by atoms with Crippen LogP contribution in [0.3, 0.4) is 0 Å². The molecule has 0 aliphatic rings. The lowest BCUT2D eigenvalue weighted by Crippen LogP contribution is -2.36. The highest BCUT2D eigenvalue weighted by molar-refractivity contribution is 5.75. The Kier molecular flexibility index (Phi) is 41.2. The number of carbonyl (C=O) groups is 3. The van der Waals surface area contributed by atoms with Crippen molar-refractivity contribution in [3.63, 3.8) is 0 Å². The van der Waals surface area contributed by atoms with Gasteiger partial charge in [0.2, 0.25) is 5.91 Å². The van der Waals surface area contributed by atoms with E-state index in [1.807, 2.05) is 0 Å². The van der Waals surface area contributed by atoms with E-state index < -0.39 is 17.4 Å². The van der Waals surface area contributed by atoms with E-state index in [2.05, 4.69) is 36.0 Å². The quantitative estimate of drug-likeness (QED) is 0.0427. The number of aromatic nitrogens is 2. The molecule has 1 heterocycles. The number of unbranched alkanes of at least 4 members (excludes halogenated alkanes) is 25. The van der Waals surface area contributed by atoms with Gasteiger partial charge in [0, 0.05) is 38.2 Å². The van der Waals surface area contributed by atoms with E-state index in [9.17, 15) is 29.1 Å². The van der Waals surface area contributed by atoms with Gasteiger partial charge in [0.05, 0.1) is 12.7 Å². The first-order valence-corrected chi connectivity index (χ1v) is 27.5. The van der Waals surface area contributed by atoms with Crippen molar-refractivity contribution < 1.29 is 29.0 Å². The summed E-state index contributed by atoms with van der Waals surface area (Å²) in [5.74, 6) is -0.443. The number of nitrogens with zero attached hydrogens (tertiary/aromatic N) is 2. The third kappa shape index (κ3) is 38.0. The van der Waals surface area contributed by atoms with Crippen LogP contribution in [0, 0.1) is 0 Å². The third-order valence-electron chi connectivity index (χ3n) is 12.7. The van der Waals surface area contributed by atoms with Gasteiger partial charge in [0.15, 0.2) is 0 Å². The van der Waals surface area contributed by atoms with E-state index in [4.69, 9.17) is 9.47 Å². The number of hydrogen-bond donors (Lipinski definition) is 3. The molecule has 66 heavy (non-hydrogen) atoms. The van der Waals surface area contributed by atoms with Gasteiger partial charge in [0.1, 0.15) is 12.6 Å². The zero-order valence-corrected chi connectivity index (χ0v) is 42.7. The van der Waals surface area contributed by atoms with Crippen LogP contribution in [-0.4, -0.2) is 82.4 Å². The second kappa shape index (κ2) is 44.5. The maximum absolute atomic E-state index is 12.9. The van der Waals surface area contributed by atoms with Crippen molar-refractivity contribution in [3.05, 3.63) is 33.1 Å². The molecular formula is C54H100N4O8. The molecule has 1 amide bonds. The van der Waals surface area contributed by atoms with Gasteiger partial charge in [-0.05, 0) is 90.1 Å². The molecule has 0 saturated carbocycles. The topological polar surface area (TPSA) is 160 Å². The molecule has 1 atom stereocenters. The van der Waals surface area contributed by atoms with Crippen molar-refractivity contribution in [3.8, 4) is 0 Å².